The molecule has 11 heteroatoms. The molecule has 2 aromatic rings. The number of amides is 1. The van der Waals surface area contributed by atoms with E-state index in [1.165, 1.54) is 24.3 Å². The van der Waals surface area contributed by atoms with E-state index in [0.29, 0.717) is 6.42 Å². The maximum absolute atomic E-state index is 12.3. The number of nitro groups is 1. The first-order chi connectivity index (χ1) is 11.7. The Bertz CT molecular complexity index is 915. The molecule has 9 nitrogen and oxygen atoms in total. The summed E-state index contributed by atoms with van der Waals surface area (Å²) in [7, 11) is -3.71. The number of nitrogens with one attached hydrogen (secondary N) is 1. The summed E-state index contributed by atoms with van der Waals surface area (Å²) >= 11 is 5.88. The van der Waals surface area contributed by atoms with Gasteiger partial charge in [-0.3, -0.25) is 14.9 Å². The summed E-state index contributed by atoms with van der Waals surface area (Å²) in [6.45, 7) is 1.69. The number of hydrogen-bond acceptors (Lipinski definition) is 7. The average Bonchev–Trinajstić information content (AvgIpc) is 2.55. The van der Waals surface area contributed by atoms with Gasteiger partial charge in [-0.25, -0.2) is 18.4 Å². The third-order valence-electron chi connectivity index (χ3n) is 3.02. The highest BCUT2D eigenvalue weighted by atomic mass is 35.5. The van der Waals surface area contributed by atoms with E-state index in [9.17, 15) is 23.3 Å². The molecule has 0 unspecified atom stereocenters. The highest BCUT2D eigenvalue weighted by molar-refractivity contribution is 7.91. The molecule has 25 heavy (non-hydrogen) atoms. The van der Waals surface area contributed by atoms with Gasteiger partial charge in [0, 0.05) is 17.8 Å². The van der Waals surface area contributed by atoms with Crippen LogP contribution in [0.5, 0.6) is 0 Å². The van der Waals surface area contributed by atoms with Crippen LogP contribution in [-0.2, 0) is 9.84 Å². The molecule has 0 aliphatic rings. The smallest absolute Gasteiger partial charge is 0.275 e. The van der Waals surface area contributed by atoms with Crippen molar-refractivity contribution in [3.05, 3.63) is 51.3 Å². The van der Waals surface area contributed by atoms with Crippen LogP contribution in [0.15, 0.2) is 35.6 Å². The lowest BCUT2D eigenvalue weighted by molar-refractivity contribution is -0.384. The number of nitro benzene ring substituents is 1. The summed E-state index contributed by atoms with van der Waals surface area (Å²) in [5.74, 6) is -0.910. The van der Waals surface area contributed by atoms with Gasteiger partial charge in [0.05, 0.1) is 21.9 Å². The summed E-state index contributed by atoms with van der Waals surface area (Å²) in [5, 5.41) is 12.5. The summed E-state index contributed by atoms with van der Waals surface area (Å²) in [6, 6.07) is 5.10. The first kappa shape index (κ1) is 18.7. The number of anilines is 1. The molecule has 1 aromatic carbocycles. The van der Waals surface area contributed by atoms with Crippen molar-refractivity contribution in [2.75, 3.05) is 11.1 Å². The van der Waals surface area contributed by atoms with Crippen molar-refractivity contribution in [2.45, 2.75) is 18.5 Å². The number of carbonyl (C=O) groups excluding carboxylic acids is 1. The van der Waals surface area contributed by atoms with E-state index >= 15 is 0 Å². The van der Waals surface area contributed by atoms with Gasteiger partial charge in [-0.2, -0.15) is 0 Å². The minimum absolute atomic E-state index is 0.116. The first-order valence-electron chi connectivity index (χ1n) is 7.05. The fraction of sp³-hybridized carbons (Fsp3) is 0.214. The molecule has 1 heterocycles. The Morgan fingerprint density at radius 3 is 2.52 bits per heavy atom. The molecule has 1 N–H and O–H groups in total. The van der Waals surface area contributed by atoms with Gasteiger partial charge in [-0.05, 0) is 18.6 Å². The molecule has 0 aliphatic carbocycles. The number of halogens is 1. The fourth-order valence-electron chi connectivity index (χ4n) is 1.88. The Morgan fingerprint density at radius 1 is 1.32 bits per heavy atom. The van der Waals surface area contributed by atoms with Gasteiger partial charge < -0.3 is 5.32 Å². The number of sulfone groups is 1. The van der Waals surface area contributed by atoms with Gasteiger partial charge in [0.2, 0.25) is 15.0 Å². The molecule has 0 saturated carbocycles. The van der Waals surface area contributed by atoms with Crippen molar-refractivity contribution in [3.63, 3.8) is 0 Å². The van der Waals surface area contributed by atoms with Crippen molar-refractivity contribution in [1.29, 1.82) is 0 Å². The normalized spacial score (nSPS) is 11.1. The molecule has 0 saturated heterocycles. The average molecular weight is 385 g/mol. The van der Waals surface area contributed by atoms with Crippen molar-refractivity contribution in [3.8, 4) is 0 Å². The van der Waals surface area contributed by atoms with E-state index in [0.717, 1.165) is 6.20 Å². The lowest BCUT2D eigenvalue weighted by Crippen LogP contribution is -2.18. The second-order valence-electron chi connectivity index (χ2n) is 4.93. The Hall–Kier alpha value is -2.59. The number of aromatic nitrogens is 2. The number of benzene rings is 1. The molecular formula is C14H13ClN4O5S. The molecule has 2 rings (SSSR count). The minimum atomic E-state index is -3.71. The van der Waals surface area contributed by atoms with E-state index in [4.69, 9.17) is 11.6 Å². The van der Waals surface area contributed by atoms with Crippen LogP contribution in [0, 0.1) is 10.1 Å². The second-order valence-corrected chi connectivity index (χ2v) is 7.34. The zero-order valence-corrected chi connectivity index (χ0v) is 14.5. The molecule has 0 fully saturated rings. The maximum Gasteiger partial charge on any atom is 0.275 e. The predicted octanol–water partition coefficient (Wildman–Crippen LogP) is 2.47. The Labute approximate surface area is 148 Å². The van der Waals surface area contributed by atoms with Crippen LogP contribution in [0.2, 0.25) is 5.02 Å². The summed E-state index contributed by atoms with van der Waals surface area (Å²) in [5.41, 5.74) is -0.168. The van der Waals surface area contributed by atoms with Crippen LogP contribution in [0.3, 0.4) is 0 Å². The van der Waals surface area contributed by atoms with Crippen molar-refractivity contribution in [2.24, 2.45) is 0 Å². The summed E-state index contributed by atoms with van der Waals surface area (Å²) < 4.78 is 24.0. The fourth-order valence-corrected chi connectivity index (χ4v) is 3.22. The molecule has 0 spiro atoms. The van der Waals surface area contributed by atoms with Gasteiger partial charge >= 0.3 is 0 Å². The van der Waals surface area contributed by atoms with Crippen LogP contribution in [-0.4, -0.2) is 35.0 Å². The Balaban J connectivity index is 2.28. The molecule has 0 atom stereocenters. The molecular weight excluding hydrogens is 372 g/mol. The Morgan fingerprint density at radius 2 is 1.96 bits per heavy atom. The van der Waals surface area contributed by atoms with Gasteiger partial charge in [-0.15, -0.1) is 0 Å². The van der Waals surface area contributed by atoms with Crippen LogP contribution >= 0.6 is 11.6 Å². The zero-order chi connectivity index (χ0) is 18.6. The Kier molecular flexibility index (Phi) is 5.65. The molecule has 0 aliphatic heterocycles. The van der Waals surface area contributed by atoms with Crippen LogP contribution < -0.4 is 5.32 Å². The highest BCUT2D eigenvalue weighted by Gasteiger charge is 2.22. The lowest BCUT2D eigenvalue weighted by Gasteiger charge is -2.07. The van der Waals surface area contributed by atoms with Crippen LogP contribution in [0.1, 0.15) is 23.8 Å². The molecule has 1 amide bonds. The van der Waals surface area contributed by atoms with Crippen LogP contribution in [0.4, 0.5) is 11.4 Å². The number of nitrogens with zero attached hydrogens (tertiary/aromatic N) is 3. The predicted molar refractivity (Wildman–Crippen MR) is 90.4 cm³/mol. The summed E-state index contributed by atoms with van der Waals surface area (Å²) in [4.78, 5) is 29.7. The van der Waals surface area contributed by atoms with Gasteiger partial charge in [0.15, 0.2) is 5.69 Å². The van der Waals surface area contributed by atoms with E-state index in [2.05, 4.69) is 15.3 Å². The van der Waals surface area contributed by atoms with Crippen molar-refractivity contribution >= 4 is 38.7 Å². The lowest BCUT2D eigenvalue weighted by atomic mass is 10.2. The topological polar surface area (TPSA) is 132 Å². The minimum Gasteiger partial charge on any atom is -0.321 e. The monoisotopic (exact) mass is 384 g/mol. The van der Waals surface area contributed by atoms with Crippen molar-refractivity contribution in [1.82, 2.24) is 9.97 Å². The molecule has 1 aromatic heterocycles. The molecule has 0 bridgehead atoms. The van der Waals surface area contributed by atoms with Gasteiger partial charge in [0.25, 0.3) is 11.6 Å². The third-order valence-corrected chi connectivity index (χ3v) is 5.00. The quantitative estimate of drug-likeness (QED) is 0.459. The third kappa shape index (κ3) is 4.48. The SMILES string of the molecule is CCCS(=O)(=O)c1ncc(Cl)c(C(=O)Nc2ccc([N+](=O)[O-])cc2)n1. The maximum atomic E-state index is 12.3. The number of hydrogen-bond donors (Lipinski definition) is 1. The molecule has 0 radical (unpaired) electrons. The number of rotatable bonds is 6. The van der Waals surface area contributed by atoms with Crippen molar-refractivity contribution < 1.29 is 18.1 Å². The van der Waals surface area contributed by atoms with Gasteiger partial charge in [0.1, 0.15) is 0 Å². The van der Waals surface area contributed by atoms with E-state index in [1.54, 1.807) is 6.92 Å². The second kappa shape index (κ2) is 7.53. The first-order valence-corrected chi connectivity index (χ1v) is 9.08. The van der Waals surface area contributed by atoms with Crippen LogP contribution in [0.25, 0.3) is 0 Å². The van der Waals surface area contributed by atoms with Gasteiger partial charge in [-0.1, -0.05) is 18.5 Å². The zero-order valence-electron chi connectivity index (χ0n) is 13.0. The van der Waals surface area contributed by atoms with E-state index in [1.807, 2.05) is 0 Å². The number of carbonyl (C=O) groups is 1. The number of non-ortho nitro benzene ring substituents is 1. The standard InChI is InChI=1S/C14H13ClN4O5S/c1-2-7-25(23,24)14-16-8-11(15)12(18-14)13(20)17-9-3-5-10(6-4-9)19(21)22/h3-6,8H,2,7H2,1H3,(H,17,20). The molecule has 132 valence electrons. The summed E-state index contributed by atoms with van der Waals surface area (Å²) in [6.07, 6.45) is 1.42. The largest absolute Gasteiger partial charge is 0.321 e. The van der Waals surface area contributed by atoms with E-state index in [-0.39, 0.29) is 27.8 Å². The highest BCUT2D eigenvalue weighted by Crippen LogP contribution is 2.19. The van der Waals surface area contributed by atoms with E-state index < -0.39 is 25.8 Å².